The second kappa shape index (κ2) is 7.15. The topological polar surface area (TPSA) is 75.2 Å². The number of rotatable bonds is 3. The van der Waals surface area contributed by atoms with E-state index < -0.39 is 11.5 Å². The lowest BCUT2D eigenvalue weighted by Crippen LogP contribution is -2.47. The van der Waals surface area contributed by atoms with E-state index in [2.05, 4.69) is 15.5 Å². The number of nitrogens with one attached hydrogen (secondary N) is 1. The Morgan fingerprint density at radius 2 is 1.88 bits per heavy atom. The summed E-state index contributed by atoms with van der Waals surface area (Å²) in [4.78, 5) is 26.9. The molecule has 1 N–H and O–H groups in total. The van der Waals surface area contributed by atoms with Gasteiger partial charge in [0.15, 0.2) is 0 Å². The summed E-state index contributed by atoms with van der Waals surface area (Å²) in [6.45, 7) is 8.28. The van der Waals surface area contributed by atoms with Gasteiger partial charge in [0.2, 0.25) is 16.9 Å². The number of anilines is 1. The molecular formula is C19H24N4O2S. The average Bonchev–Trinajstić information content (AvgIpc) is 3.23. The predicted molar refractivity (Wildman–Crippen MR) is 103 cm³/mol. The minimum Gasteiger partial charge on any atom is -0.330 e. The predicted octanol–water partition coefficient (Wildman–Crippen LogP) is 3.49. The van der Waals surface area contributed by atoms with Gasteiger partial charge in [0.05, 0.1) is 0 Å². The SMILES string of the molecule is Cc1ccc(-c2nnc(NC(=O)[C@@H]3CCCN3C(=O)C(C)(C)C)s2)cc1. The number of nitrogens with zero attached hydrogens (tertiary/aromatic N) is 3. The van der Waals surface area contributed by atoms with Gasteiger partial charge in [0.1, 0.15) is 11.0 Å². The Morgan fingerprint density at radius 1 is 1.19 bits per heavy atom. The van der Waals surface area contributed by atoms with Gasteiger partial charge in [0, 0.05) is 17.5 Å². The molecule has 0 saturated carbocycles. The maximum Gasteiger partial charge on any atom is 0.249 e. The Kier molecular flexibility index (Phi) is 5.09. The van der Waals surface area contributed by atoms with E-state index in [1.54, 1.807) is 4.90 Å². The first kappa shape index (κ1) is 18.5. The van der Waals surface area contributed by atoms with E-state index in [1.807, 2.05) is 52.0 Å². The molecule has 2 aromatic rings. The first-order valence-corrected chi connectivity index (χ1v) is 9.60. The highest BCUT2D eigenvalue weighted by Gasteiger charge is 2.38. The summed E-state index contributed by atoms with van der Waals surface area (Å²) in [6, 6.07) is 7.57. The van der Waals surface area contributed by atoms with E-state index in [4.69, 9.17) is 0 Å². The molecule has 2 heterocycles. The van der Waals surface area contributed by atoms with Crippen molar-refractivity contribution in [2.24, 2.45) is 5.41 Å². The van der Waals surface area contributed by atoms with Crippen molar-refractivity contribution in [3.8, 4) is 10.6 Å². The third-order valence-corrected chi connectivity index (χ3v) is 5.30. The minimum absolute atomic E-state index is 0.00718. The van der Waals surface area contributed by atoms with E-state index >= 15 is 0 Å². The van der Waals surface area contributed by atoms with E-state index in [0.717, 1.165) is 17.0 Å². The van der Waals surface area contributed by atoms with E-state index in [-0.39, 0.29) is 11.8 Å². The molecule has 6 nitrogen and oxygen atoms in total. The number of benzene rings is 1. The zero-order valence-corrected chi connectivity index (χ0v) is 16.4. The first-order valence-electron chi connectivity index (χ1n) is 8.78. The fraction of sp³-hybridized carbons (Fsp3) is 0.474. The van der Waals surface area contributed by atoms with Gasteiger partial charge in [0.25, 0.3) is 0 Å². The van der Waals surface area contributed by atoms with Gasteiger partial charge < -0.3 is 4.90 Å². The molecular weight excluding hydrogens is 348 g/mol. The van der Waals surface area contributed by atoms with Gasteiger partial charge in [-0.2, -0.15) is 0 Å². The molecule has 7 heteroatoms. The van der Waals surface area contributed by atoms with Crippen molar-refractivity contribution in [3.63, 3.8) is 0 Å². The van der Waals surface area contributed by atoms with Crippen LogP contribution in [0.1, 0.15) is 39.2 Å². The smallest absolute Gasteiger partial charge is 0.249 e. The first-order chi connectivity index (χ1) is 12.3. The van der Waals surface area contributed by atoms with Crippen molar-refractivity contribution in [2.75, 3.05) is 11.9 Å². The molecule has 0 bridgehead atoms. The van der Waals surface area contributed by atoms with E-state index in [0.29, 0.717) is 18.1 Å². The summed E-state index contributed by atoms with van der Waals surface area (Å²) in [5.41, 5.74) is 1.65. The van der Waals surface area contributed by atoms with Crippen LogP contribution in [0.2, 0.25) is 0 Å². The Balaban J connectivity index is 1.70. The van der Waals surface area contributed by atoms with Gasteiger partial charge in [-0.3, -0.25) is 14.9 Å². The monoisotopic (exact) mass is 372 g/mol. The number of aryl methyl sites for hydroxylation is 1. The van der Waals surface area contributed by atoms with Crippen LogP contribution >= 0.6 is 11.3 Å². The number of carbonyl (C=O) groups excluding carboxylic acids is 2. The average molecular weight is 372 g/mol. The molecule has 0 unspecified atom stereocenters. The van der Waals surface area contributed by atoms with E-state index in [1.165, 1.54) is 16.9 Å². The van der Waals surface area contributed by atoms with Crippen LogP contribution in [0.3, 0.4) is 0 Å². The third-order valence-electron chi connectivity index (χ3n) is 4.41. The summed E-state index contributed by atoms with van der Waals surface area (Å²) in [7, 11) is 0. The maximum atomic E-state index is 12.7. The molecule has 1 saturated heterocycles. The molecule has 1 atom stereocenters. The van der Waals surface area contributed by atoms with Crippen LogP contribution in [0.25, 0.3) is 10.6 Å². The van der Waals surface area contributed by atoms with Crippen LogP contribution in [0.15, 0.2) is 24.3 Å². The molecule has 0 spiro atoms. The second-order valence-corrected chi connectivity index (χ2v) is 8.65. The molecule has 1 aromatic heterocycles. The van der Waals surface area contributed by atoms with Gasteiger partial charge in [-0.05, 0) is 19.8 Å². The summed E-state index contributed by atoms with van der Waals surface area (Å²) in [5.74, 6) is -0.181. The Hall–Kier alpha value is -2.28. The second-order valence-electron chi connectivity index (χ2n) is 7.67. The fourth-order valence-electron chi connectivity index (χ4n) is 2.99. The summed E-state index contributed by atoms with van der Waals surface area (Å²) in [6.07, 6.45) is 1.52. The fourth-order valence-corrected chi connectivity index (χ4v) is 3.74. The number of amides is 2. The molecule has 0 radical (unpaired) electrons. The Morgan fingerprint density at radius 3 is 2.54 bits per heavy atom. The van der Waals surface area contributed by atoms with Crippen LogP contribution in [0.5, 0.6) is 0 Å². The zero-order valence-electron chi connectivity index (χ0n) is 15.6. The summed E-state index contributed by atoms with van der Waals surface area (Å²) < 4.78 is 0. The highest BCUT2D eigenvalue weighted by Crippen LogP contribution is 2.29. The van der Waals surface area contributed by atoms with Crippen LogP contribution in [0.4, 0.5) is 5.13 Å². The van der Waals surface area contributed by atoms with Crippen LogP contribution in [-0.4, -0.2) is 39.5 Å². The van der Waals surface area contributed by atoms with Crippen molar-refractivity contribution >= 4 is 28.3 Å². The Labute approximate surface area is 157 Å². The zero-order chi connectivity index (χ0) is 18.9. The molecule has 1 aromatic carbocycles. The van der Waals surface area contributed by atoms with Crippen molar-refractivity contribution in [1.29, 1.82) is 0 Å². The third kappa shape index (κ3) is 3.93. The number of hydrogen-bond acceptors (Lipinski definition) is 5. The quantitative estimate of drug-likeness (QED) is 0.895. The number of hydrogen-bond donors (Lipinski definition) is 1. The van der Waals surface area contributed by atoms with Crippen molar-refractivity contribution in [1.82, 2.24) is 15.1 Å². The van der Waals surface area contributed by atoms with Crippen molar-refractivity contribution in [3.05, 3.63) is 29.8 Å². The lowest BCUT2D eigenvalue weighted by Gasteiger charge is -2.29. The van der Waals surface area contributed by atoms with Crippen LogP contribution < -0.4 is 5.32 Å². The largest absolute Gasteiger partial charge is 0.330 e. The van der Waals surface area contributed by atoms with Crippen molar-refractivity contribution in [2.45, 2.75) is 46.6 Å². The highest BCUT2D eigenvalue weighted by atomic mass is 32.1. The normalized spacial score (nSPS) is 17.4. The number of carbonyl (C=O) groups is 2. The maximum absolute atomic E-state index is 12.7. The van der Waals surface area contributed by atoms with E-state index in [9.17, 15) is 9.59 Å². The molecule has 0 aliphatic carbocycles. The molecule has 2 amide bonds. The number of aromatic nitrogens is 2. The van der Waals surface area contributed by atoms with Gasteiger partial charge in [-0.1, -0.05) is 61.9 Å². The molecule has 3 rings (SSSR count). The van der Waals surface area contributed by atoms with Crippen LogP contribution in [-0.2, 0) is 9.59 Å². The van der Waals surface area contributed by atoms with Gasteiger partial charge in [-0.25, -0.2) is 0 Å². The van der Waals surface area contributed by atoms with Gasteiger partial charge in [-0.15, -0.1) is 10.2 Å². The molecule has 1 aliphatic rings. The van der Waals surface area contributed by atoms with Crippen LogP contribution in [0, 0.1) is 12.3 Å². The lowest BCUT2D eigenvalue weighted by molar-refractivity contribution is -0.143. The highest BCUT2D eigenvalue weighted by molar-refractivity contribution is 7.18. The molecule has 26 heavy (non-hydrogen) atoms. The standard InChI is InChI=1S/C19H24N4O2S/c1-12-7-9-13(10-8-12)16-21-22-18(26-16)20-15(24)14-6-5-11-23(14)17(25)19(2,3)4/h7-10,14H,5-6,11H2,1-4H3,(H,20,22,24)/t14-/m0/s1. The summed E-state index contributed by atoms with van der Waals surface area (Å²) in [5, 5.41) is 12.3. The Bertz CT molecular complexity index is 808. The van der Waals surface area contributed by atoms with Gasteiger partial charge >= 0.3 is 0 Å². The van der Waals surface area contributed by atoms with Crippen molar-refractivity contribution < 1.29 is 9.59 Å². The molecule has 1 fully saturated rings. The minimum atomic E-state index is -0.496. The number of likely N-dealkylation sites (tertiary alicyclic amines) is 1. The summed E-state index contributed by atoms with van der Waals surface area (Å²) >= 11 is 1.34. The molecule has 138 valence electrons. The lowest BCUT2D eigenvalue weighted by atomic mass is 9.94. The molecule has 1 aliphatic heterocycles.